The highest BCUT2D eigenvalue weighted by Gasteiger charge is 2.07. The number of hydrogen-bond donors (Lipinski definition) is 2. The number of carbonyl (C=O) groups is 1. The first-order valence-electron chi connectivity index (χ1n) is 8.50. The maximum Gasteiger partial charge on any atom is 0.234 e. The molecule has 1 aromatic heterocycles. The fourth-order valence-electron chi connectivity index (χ4n) is 2.89. The van der Waals surface area contributed by atoms with Crippen molar-refractivity contribution in [3.8, 4) is 0 Å². The van der Waals surface area contributed by atoms with E-state index in [9.17, 15) is 9.59 Å². The lowest BCUT2D eigenvalue weighted by atomic mass is 10.1. The molecule has 0 saturated carbocycles. The van der Waals surface area contributed by atoms with Crippen LogP contribution in [0.25, 0.3) is 10.9 Å². The van der Waals surface area contributed by atoms with E-state index in [2.05, 4.69) is 10.3 Å². The normalized spacial score (nSPS) is 10.9. The Hall–Kier alpha value is -2.53. The predicted molar refractivity (Wildman–Crippen MR) is 110 cm³/mol. The van der Waals surface area contributed by atoms with Gasteiger partial charge in [-0.3, -0.25) is 9.59 Å². The van der Waals surface area contributed by atoms with Gasteiger partial charge in [-0.2, -0.15) is 0 Å². The number of aryl methyl sites for hydroxylation is 3. The summed E-state index contributed by atoms with van der Waals surface area (Å²) in [5.41, 5.74) is 5.85. The molecule has 26 heavy (non-hydrogen) atoms. The monoisotopic (exact) mass is 366 g/mol. The molecule has 134 valence electrons. The Bertz CT molecular complexity index is 1020. The van der Waals surface area contributed by atoms with Crippen molar-refractivity contribution < 1.29 is 4.79 Å². The zero-order chi connectivity index (χ0) is 18.7. The van der Waals surface area contributed by atoms with Gasteiger partial charge in [0.25, 0.3) is 0 Å². The minimum Gasteiger partial charge on any atom is -0.357 e. The summed E-state index contributed by atoms with van der Waals surface area (Å²) in [7, 11) is 0. The molecule has 0 aliphatic heterocycles. The smallest absolute Gasteiger partial charge is 0.234 e. The summed E-state index contributed by atoms with van der Waals surface area (Å²) in [6.07, 6.45) is 0. The van der Waals surface area contributed by atoms with Crippen LogP contribution in [0, 0.1) is 20.8 Å². The van der Waals surface area contributed by atoms with Crippen LogP contribution in [0.1, 0.15) is 22.4 Å². The SMILES string of the molecule is Cc1ccc(NC(=O)CSCc2cc(=O)c3ccc(C)cc3[nH]2)c(C)c1. The summed E-state index contributed by atoms with van der Waals surface area (Å²) in [6, 6.07) is 13.3. The first kappa shape index (κ1) is 18.3. The molecule has 2 aromatic carbocycles. The minimum atomic E-state index is -0.0408. The maximum absolute atomic E-state index is 12.2. The van der Waals surface area contributed by atoms with Gasteiger partial charge in [-0.25, -0.2) is 0 Å². The highest BCUT2D eigenvalue weighted by Crippen LogP contribution is 2.18. The van der Waals surface area contributed by atoms with Gasteiger partial charge in [0.1, 0.15) is 0 Å². The third kappa shape index (κ3) is 4.35. The molecule has 0 fully saturated rings. The topological polar surface area (TPSA) is 62.0 Å². The quantitative estimate of drug-likeness (QED) is 0.707. The molecule has 0 aliphatic carbocycles. The fourth-order valence-corrected chi connectivity index (χ4v) is 3.63. The van der Waals surface area contributed by atoms with Crippen LogP contribution in [0.5, 0.6) is 0 Å². The molecule has 2 N–H and O–H groups in total. The Labute approximate surface area is 157 Å². The predicted octanol–water partition coefficient (Wildman–Crippen LogP) is 4.33. The summed E-state index contributed by atoms with van der Waals surface area (Å²) in [5.74, 6) is 0.876. The van der Waals surface area contributed by atoms with Crippen LogP contribution in [0.4, 0.5) is 5.69 Å². The van der Waals surface area contributed by atoms with Crippen LogP contribution in [0.2, 0.25) is 0 Å². The molecule has 3 rings (SSSR count). The fraction of sp³-hybridized carbons (Fsp3) is 0.238. The van der Waals surface area contributed by atoms with Crippen LogP contribution in [-0.2, 0) is 10.5 Å². The second-order valence-electron chi connectivity index (χ2n) is 6.57. The van der Waals surface area contributed by atoms with E-state index in [-0.39, 0.29) is 11.3 Å². The van der Waals surface area contributed by atoms with Gasteiger partial charge in [-0.1, -0.05) is 23.8 Å². The summed E-state index contributed by atoms with van der Waals surface area (Å²) in [4.78, 5) is 27.7. The van der Waals surface area contributed by atoms with E-state index in [0.717, 1.165) is 28.0 Å². The van der Waals surface area contributed by atoms with Gasteiger partial charge < -0.3 is 10.3 Å². The van der Waals surface area contributed by atoms with E-state index >= 15 is 0 Å². The van der Waals surface area contributed by atoms with Crippen LogP contribution in [0.3, 0.4) is 0 Å². The van der Waals surface area contributed by atoms with Gasteiger partial charge >= 0.3 is 0 Å². The average Bonchev–Trinajstić information content (AvgIpc) is 2.57. The lowest BCUT2D eigenvalue weighted by Crippen LogP contribution is -2.15. The van der Waals surface area contributed by atoms with Crippen molar-refractivity contribution in [2.75, 3.05) is 11.1 Å². The Morgan fingerprint density at radius 2 is 1.77 bits per heavy atom. The van der Waals surface area contributed by atoms with Crippen molar-refractivity contribution in [1.29, 1.82) is 0 Å². The zero-order valence-electron chi connectivity index (χ0n) is 15.2. The van der Waals surface area contributed by atoms with E-state index in [1.165, 1.54) is 17.3 Å². The van der Waals surface area contributed by atoms with Crippen LogP contribution < -0.4 is 10.7 Å². The van der Waals surface area contributed by atoms with Crippen LogP contribution in [0.15, 0.2) is 47.3 Å². The standard InChI is InChI=1S/C21H22N2O2S/c1-13-5-7-18(15(3)8-13)23-21(25)12-26-11-16-10-20(24)17-6-4-14(2)9-19(17)22-16/h4-10H,11-12H2,1-3H3,(H,22,24)(H,23,25). The molecule has 0 unspecified atom stereocenters. The Morgan fingerprint density at radius 3 is 2.54 bits per heavy atom. The molecule has 0 spiro atoms. The number of pyridine rings is 1. The van der Waals surface area contributed by atoms with E-state index in [1.807, 2.05) is 57.2 Å². The van der Waals surface area contributed by atoms with Gasteiger partial charge in [0.2, 0.25) is 5.91 Å². The average molecular weight is 366 g/mol. The summed E-state index contributed by atoms with van der Waals surface area (Å²) in [6.45, 7) is 6.01. The van der Waals surface area contributed by atoms with E-state index < -0.39 is 0 Å². The van der Waals surface area contributed by atoms with Crippen molar-refractivity contribution in [3.05, 3.63) is 75.1 Å². The summed E-state index contributed by atoms with van der Waals surface area (Å²) in [5, 5.41) is 3.63. The van der Waals surface area contributed by atoms with Crippen molar-refractivity contribution in [2.45, 2.75) is 26.5 Å². The molecule has 0 saturated heterocycles. The Morgan fingerprint density at radius 1 is 1.04 bits per heavy atom. The molecule has 5 heteroatoms. The van der Waals surface area contributed by atoms with Crippen LogP contribution >= 0.6 is 11.8 Å². The number of rotatable bonds is 5. The number of hydrogen-bond acceptors (Lipinski definition) is 3. The molecular formula is C21H22N2O2S. The lowest BCUT2D eigenvalue weighted by Gasteiger charge is -2.09. The molecular weight excluding hydrogens is 344 g/mol. The summed E-state index contributed by atoms with van der Waals surface area (Å²) < 4.78 is 0. The number of anilines is 1. The van der Waals surface area contributed by atoms with Crippen molar-refractivity contribution >= 4 is 34.3 Å². The van der Waals surface area contributed by atoms with E-state index in [1.54, 1.807) is 6.07 Å². The minimum absolute atomic E-state index is 0.00841. The number of thioether (sulfide) groups is 1. The van der Waals surface area contributed by atoms with Gasteiger partial charge in [-0.15, -0.1) is 11.8 Å². The first-order chi connectivity index (χ1) is 12.4. The number of aromatic amines is 1. The number of H-pyrrole nitrogens is 1. The van der Waals surface area contributed by atoms with Gasteiger partial charge in [0, 0.05) is 34.1 Å². The lowest BCUT2D eigenvalue weighted by molar-refractivity contribution is -0.113. The van der Waals surface area contributed by atoms with E-state index in [0.29, 0.717) is 16.9 Å². The second-order valence-corrected chi connectivity index (χ2v) is 7.55. The van der Waals surface area contributed by atoms with E-state index in [4.69, 9.17) is 0 Å². The van der Waals surface area contributed by atoms with Crippen LogP contribution in [-0.4, -0.2) is 16.6 Å². The molecule has 3 aromatic rings. The molecule has 1 heterocycles. The first-order valence-corrected chi connectivity index (χ1v) is 9.65. The van der Waals surface area contributed by atoms with Crippen molar-refractivity contribution in [1.82, 2.24) is 4.98 Å². The Balaban J connectivity index is 1.61. The molecule has 0 radical (unpaired) electrons. The highest BCUT2D eigenvalue weighted by molar-refractivity contribution is 7.99. The number of aromatic nitrogens is 1. The summed E-state index contributed by atoms with van der Waals surface area (Å²) >= 11 is 1.48. The van der Waals surface area contributed by atoms with Gasteiger partial charge in [0.15, 0.2) is 5.43 Å². The van der Waals surface area contributed by atoms with Crippen molar-refractivity contribution in [3.63, 3.8) is 0 Å². The molecule has 0 atom stereocenters. The third-order valence-corrected chi connectivity index (χ3v) is 5.17. The van der Waals surface area contributed by atoms with Gasteiger partial charge in [0.05, 0.1) is 5.75 Å². The molecule has 0 bridgehead atoms. The zero-order valence-corrected chi connectivity index (χ0v) is 16.0. The molecule has 4 nitrogen and oxygen atoms in total. The van der Waals surface area contributed by atoms with Crippen molar-refractivity contribution in [2.24, 2.45) is 0 Å². The van der Waals surface area contributed by atoms with Gasteiger partial charge in [-0.05, 0) is 50.1 Å². The Kier molecular flexibility index (Phi) is 5.47. The largest absolute Gasteiger partial charge is 0.357 e. The number of amides is 1. The number of benzene rings is 2. The number of fused-ring (bicyclic) bond motifs is 1. The second kappa shape index (κ2) is 7.79. The third-order valence-electron chi connectivity index (χ3n) is 4.19. The molecule has 1 amide bonds. The maximum atomic E-state index is 12.2. The number of carbonyl (C=O) groups excluding carboxylic acids is 1. The number of nitrogens with one attached hydrogen (secondary N) is 2. The molecule has 0 aliphatic rings. The highest BCUT2D eigenvalue weighted by atomic mass is 32.2.